The zero-order valence-corrected chi connectivity index (χ0v) is 27.1. The Morgan fingerprint density at radius 2 is 1.60 bits per heavy atom. The van der Waals surface area contributed by atoms with Crippen LogP contribution < -0.4 is 54.2 Å². The molecule has 0 spiro atoms. The molecule has 1 aliphatic rings. The molecule has 0 aliphatic carbocycles. The zero-order valence-electron chi connectivity index (χ0n) is 22.8. The number of rotatable bonds is 9. The number of hydrogen-bond acceptors (Lipinski definition) is 6. The molecule has 0 saturated heterocycles. The van der Waals surface area contributed by atoms with Crippen LogP contribution in [0, 0.1) is 5.82 Å². The number of carbonyl (C=O) groups is 2. The Hall–Kier alpha value is -2.98. The molecule has 43 heavy (non-hydrogen) atoms. The third-order valence-electron chi connectivity index (χ3n) is 6.55. The van der Waals surface area contributed by atoms with Gasteiger partial charge in [-0.15, -0.1) is 0 Å². The van der Waals surface area contributed by atoms with Gasteiger partial charge in [0.25, 0.3) is 5.91 Å². The molecule has 1 atom stereocenters. The van der Waals surface area contributed by atoms with E-state index in [0.29, 0.717) is 62.6 Å². The molecule has 0 fully saturated rings. The number of nitrogens with one attached hydrogen (secondary N) is 1. The van der Waals surface area contributed by atoms with Crippen molar-refractivity contribution < 1.29 is 62.9 Å². The molecule has 1 aliphatic heterocycles. The molecular weight excluding hydrogens is 631 g/mol. The predicted molar refractivity (Wildman–Crippen MR) is 155 cm³/mol. The maximum Gasteiger partial charge on any atom is 1.00 e. The summed E-state index contributed by atoms with van der Waals surface area (Å²) in [6.07, 6.45) is 0.602. The molecule has 4 aromatic rings. The largest absolute Gasteiger partial charge is 1.00 e. The molecule has 12 heteroatoms. The van der Waals surface area contributed by atoms with Crippen molar-refractivity contribution in [1.29, 1.82) is 0 Å². The fraction of sp³-hybridized carbons (Fsp3) is 0.161. The normalized spacial score (nSPS) is 13.6. The van der Waals surface area contributed by atoms with E-state index in [1.165, 1.54) is 24.3 Å². The number of benzene rings is 4. The van der Waals surface area contributed by atoms with Crippen molar-refractivity contribution in [2.75, 3.05) is 13.2 Å². The average molecular weight is 653 g/mol. The van der Waals surface area contributed by atoms with Gasteiger partial charge in [0.1, 0.15) is 34.6 Å². The number of carboxylic acid groups (broad SMARTS) is 1. The van der Waals surface area contributed by atoms with Gasteiger partial charge in [0.15, 0.2) is 0 Å². The summed E-state index contributed by atoms with van der Waals surface area (Å²) in [6, 6.07) is 18.4. The van der Waals surface area contributed by atoms with Crippen LogP contribution in [-0.2, 0) is 11.2 Å². The molecule has 5 rings (SSSR count). The van der Waals surface area contributed by atoms with Gasteiger partial charge < -0.3 is 29.4 Å². The second-order valence-corrected chi connectivity index (χ2v) is 10.6. The number of aliphatic carboxylic acids is 1. The van der Waals surface area contributed by atoms with E-state index in [9.17, 15) is 19.1 Å². The summed E-state index contributed by atoms with van der Waals surface area (Å²) in [5.74, 6) is -0.843. The number of ether oxygens (including phenoxy) is 3. The fourth-order valence-corrected chi connectivity index (χ4v) is 4.94. The first kappa shape index (κ1) is 32.9. The van der Waals surface area contributed by atoms with Crippen molar-refractivity contribution in [1.82, 2.24) is 5.32 Å². The summed E-state index contributed by atoms with van der Waals surface area (Å²) in [5, 5.41) is 15.2. The Balaban J connectivity index is 0.00000423. The third-order valence-corrected chi connectivity index (χ3v) is 7.59. The van der Waals surface area contributed by atoms with Gasteiger partial charge >= 0.3 is 29.6 Å². The molecule has 0 bridgehead atoms. The van der Waals surface area contributed by atoms with Gasteiger partial charge in [0.05, 0.1) is 21.7 Å². The van der Waals surface area contributed by atoms with Crippen LogP contribution in [0.3, 0.4) is 0 Å². The Bertz CT molecular complexity index is 1650. The van der Waals surface area contributed by atoms with E-state index in [1.54, 1.807) is 48.5 Å². The van der Waals surface area contributed by atoms with Gasteiger partial charge in [-0.2, -0.15) is 0 Å². The summed E-state index contributed by atoms with van der Waals surface area (Å²) in [5.41, 5.74) is 1.38. The first-order chi connectivity index (χ1) is 20.2. The molecule has 1 heterocycles. The van der Waals surface area contributed by atoms with Crippen molar-refractivity contribution in [2.24, 2.45) is 0 Å². The molecule has 0 saturated carbocycles. The van der Waals surface area contributed by atoms with Crippen LogP contribution in [0.25, 0.3) is 0 Å². The monoisotopic (exact) mass is 651 g/mol. The van der Waals surface area contributed by atoms with Gasteiger partial charge in [-0.1, -0.05) is 34.8 Å². The molecule has 4 aromatic carbocycles. The van der Waals surface area contributed by atoms with E-state index in [4.69, 9.17) is 49.0 Å². The number of carboxylic acids is 1. The summed E-state index contributed by atoms with van der Waals surface area (Å²) < 4.78 is 31.3. The Labute approximate surface area is 284 Å². The summed E-state index contributed by atoms with van der Waals surface area (Å²) >= 11 is 18.4. The molecule has 1 N–H and O–H groups in total. The summed E-state index contributed by atoms with van der Waals surface area (Å²) in [7, 11) is 0. The maximum absolute atomic E-state index is 14.0. The average Bonchev–Trinajstić information content (AvgIpc) is 2.96. The molecule has 216 valence electrons. The minimum absolute atomic E-state index is 0. The van der Waals surface area contributed by atoms with Gasteiger partial charge in [0, 0.05) is 41.7 Å². The number of halogens is 4. The van der Waals surface area contributed by atoms with Crippen LogP contribution >= 0.6 is 34.8 Å². The number of carbonyl (C=O) groups excluding carboxylic acids is 2. The molecule has 1 unspecified atom stereocenters. The van der Waals surface area contributed by atoms with Crippen molar-refractivity contribution in [3.05, 3.63) is 110 Å². The van der Waals surface area contributed by atoms with E-state index < -0.39 is 17.7 Å². The molecule has 7 nitrogen and oxygen atoms in total. The van der Waals surface area contributed by atoms with Crippen molar-refractivity contribution in [2.45, 2.75) is 18.8 Å². The van der Waals surface area contributed by atoms with E-state index >= 15 is 0 Å². The van der Waals surface area contributed by atoms with Crippen LogP contribution in [0.2, 0.25) is 15.1 Å². The quantitative estimate of drug-likeness (QED) is 0.275. The number of fused-ring (bicyclic) bond motifs is 1. The topological polar surface area (TPSA) is 96.9 Å². The van der Waals surface area contributed by atoms with Crippen LogP contribution in [0.1, 0.15) is 33.8 Å². The minimum atomic E-state index is -1.19. The second kappa shape index (κ2) is 14.7. The van der Waals surface area contributed by atoms with E-state index in [-0.39, 0.29) is 59.4 Å². The first-order valence-corrected chi connectivity index (χ1v) is 14.0. The second-order valence-electron chi connectivity index (χ2n) is 9.39. The van der Waals surface area contributed by atoms with Crippen LogP contribution in [-0.4, -0.2) is 25.0 Å². The first-order valence-electron chi connectivity index (χ1n) is 12.8. The van der Waals surface area contributed by atoms with Gasteiger partial charge in [-0.3, -0.25) is 4.79 Å². The molecular formula is C31H22Cl3FNNaO6. The molecule has 0 radical (unpaired) electrons. The van der Waals surface area contributed by atoms with Gasteiger partial charge in [-0.05, 0) is 79.1 Å². The summed E-state index contributed by atoms with van der Waals surface area (Å²) in [6.45, 7) is 0.456. The fourth-order valence-electron chi connectivity index (χ4n) is 4.44. The van der Waals surface area contributed by atoms with Crippen LogP contribution in [0.4, 0.5) is 4.39 Å². The van der Waals surface area contributed by atoms with Crippen molar-refractivity contribution in [3.8, 4) is 28.7 Å². The molecule has 0 aromatic heterocycles. The van der Waals surface area contributed by atoms with Crippen LogP contribution in [0.5, 0.6) is 28.7 Å². The smallest absolute Gasteiger partial charge is 0.549 e. The van der Waals surface area contributed by atoms with Gasteiger partial charge in [0.2, 0.25) is 0 Å². The Morgan fingerprint density at radius 3 is 2.33 bits per heavy atom. The SMILES string of the molecule is O=C(NCCc1cc(F)ccc1Oc1ccc(Cl)c(Cl)c1)c1ccc(Oc2cc3c(cc2Cl)C(C(=O)[O-])CCO3)cc1.[Na+]. The Kier molecular flexibility index (Phi) is 11.2. The standard InChI is InChI=1S/C31H23Cl3FNO6.Na/c32-24-7-6-21(14-25(24)33)42-27-8-3-19(35)13-18(27)9-11-36-30(37)17-1-4-20(5-2-17)41-29-16-28-23(15-26(29)34)22(31(38)39)10-12-40-28;/h1-8,13-16,22H,9-12H2,(H,36,37)(H,38,39);/q;+1/p-1. The van der Waals surface area contributed by atoms with E-state index in [1.807, 2.05) is 0 Å². The zero-order chi connectivity index (χ0) is 29.8. The number of hydrogen-bond donors (Lipinski definition) is 1. The summed E-state index contributed by atoms with van der Waals surface area (Å²) in [4.78, 5) is 24.2. The van der Waals surface area contributed by atoms with Crippen molar-refractivity contribution >= 4 is 46.7 Å². The van der Waals surface area contributed by atoms with Crippen molar-refractivity contribution in [3.63, 3.8) is 0 Å². The van der Waals surface area contributed by atoms with Crippen LogP contribution in [0.15, 0.2) is 72.8 Å². The third kappa shape index (κ3) is 8.15. The van der Waals surface area contributed by atoms with Gasteiger partial charge in [-0.25, -0.2) is 4.39 Å². The minimum Gasteiger partial charge on any atom is -0.549 e. The van der Waals surface area contributed by atoms with E-state index in [0.717, 1.165) is 0 Å². The number of amides is 1. The predicted octanol–water partition coefficient (Wildman–Crippen LogP) is 3.96. The molecule has 1 amide bonds. The van der Waals surface area contributed by atoms with E-state index in [2.05, 4.69) is 5.32 Å². The maximum atomic E-state index is 14.0. The Morgan fingerprint density at radius 1 is 0.884 bits per heavy atom.